The number of hydrogen-bond acceptors (Lipinski definition) is 1. The van der Waals surface area contributed by atoms with Crippen LogP contribution in [-0.2, 0) is 4.79 Å². The standard InChI is InChI=1S/C11H19NO/c1-5-6-7-10(8-9(2)3)11(13)12-4/h5,10H,1-2,6-8H2,3-4H3,(H,12,13). The summed E-state index contributed by atoms with van der Waals surface area (Å²) in [7, 11) is 1.67. The summed E-state index contributed by atoms with van der Waals surface area (Å²) >= 11 is 0. The maximum Gasteiger partial charge on any atom is 0.223 e. The van der Waals surface area contributed by atoms with Crippen LogP contribution in [0.3, 0.4) is 0 Å². The molecule has 0 heterocycles. The summed E-state index contributed by atoms with van der Waals surface area (Å²) in [6.07, 6.45) is 4.35. The lowest BCUT2D eigenvalue weighted by Gasteiger charge is -2.13. The third kappa shape index (κ3) is 5.23. The Morgan fingerprint density at radius 3 is 2.62 bits per heavy atom. The Balaban J connectivity index is 4.09. The Morgan fingerprint density at radius 1 is 1.62 bits per heavy atom. The maximum atomic E-state index is 11.4. The Labute approximate surface area is 80.7 Å². The highest BCUT2D eigenvalue weighted by Crippen LogP contribution is 2.16. The fourth-order valence-electron chi connectivity index (χ4n) is 1.27. The van der Waals surface area contributed by atoms with Crippen LogP contribution in [-0.4, -0.2) is 13.0 Å². The lowest BCUT2D eigenvalue weighted by molar-refractivity contribution is -0.124. The smallest absolute Gasteiger partial charge is 0.223 e. The molecule has 0 aliphatic carbocycles. The summed E-state index contributed by atoms with van der Waals surface area (Å²) in [5.74, 6) is 0.158. The Bertz CT molecular complexity index is 196. The Kier molecular flexibility index (Phi) is 5.94. The van der Waals surface area contributed by atoms with Crippen molar-refractivity contribution in [2.75, 3.05) is 7.05 Å². The van der Waals surface area contributed by atoms with Crippen LogP contribution >= 0.6 is 0 Å². The number of amides is 1. The molecule has 0 saturated heterocycles. The largest absolute Gasteiger partial charge is 0.359 e. The molecule has 0 saturated carbocycles. The molecule has 0 bridgehead atoms. The van der Waals surface area contributed by atoms with Crippen molar-refractivity contribution in [2.24, 2.45) is 5.92 Å². The molecule has 0 aliphatic heterocycles. The van der Waals surface area contributed by atoms with Gasteiger partial charge in [0.1, 0.15) is 0 Å². The number of carbonyl (C=O) groups is 1. The summed E-state index contributed by atoms with van der Waals surface area (Å²) in [5.41, 5.74) is 1.05. The van der Waals surface area contributed by atoms with Crippen molar-refractivity contribution in [1.82, 2.24) is 5.32 Å². The van der Waals surface area contributed by atoms with Gasteiger partial charge in [-0.3, -0.25) is 4.79 Å². The second kappa shape index (κ2) is 6.46. The molecule has 0 radical (unpaired) electrons. The van der Waals surface area contributed by atoms with Crippen LogP contribution < -0.4 is 5.32 Å². The van der Waals surface area contributed by atoms with Crippen molar-refractivity contribution in [3.8, 4) is 0 Å². The van der Waals surface area contributed by atoms with E-state index in [1.165, 1.54) is 0 Å². The molecule has 1 N–H and O–H groups in total. The van der Waals surface area contributed by atoms with Crippen LogP contribution in [0.5, 0.6) is 0 Å². The molecule has 0 fully saturated rings. The van der Waals surface area contributed by atoms with Crippen LogP contribution in [0.4, 0.5) is 0 Å². The van der Waals surface area contributed by atoms with E-state index in [1.807, 2.05) is 13.0 Å². The quantitative estimate of drug-likeness (QED) is 0.626. The van der Waals surface area contributed by atoms with Crippen LogP contribution in [0.1, 0.15) is 26.2 Å². The van der Waals surface area contributed by atoms with Gasteiger partial charge in [-0.25, -0.2) is 0 Å². The van der Waals surface area contributed by atoms with Gasteiger partial charge in [-0.2, -0.15) is 0 Å². The molecule has 0 spiro atoms. The Hall–Kier alpha value is -1.05. The number of carbonyl (C=O) groups excluding carboxylic acids is 1. The summed E-state index contributed by atoms with van der Waals surface area (Å²) < 4.78 is 0. The van der Waals surface area contributed by atoms with E-state index in [4.69, 9.17) is 0 Å². The molecule has 2 nitrogen and oxygen atoms in total. The second-order valence-corrected chi connectivity index (χ2v) is 3.34. The van der Waals surface area contributed by atoms with Gasteiger partial charge in [0.15, 0.2) is 0 Å². The summed E-state index contributed by atoms with van der Waals surface area (Å²) in [4.78, 5) is 11.4. The van der Waals surface area contributed by atoms with Gasteiger partial charge in [0, 0.05) is 13.0 Å². The van der Waals surface area contributed by atoms with Gasteiger partial charge < -0.3 is 5.32 Å². The predicted molar refractivity (Wildman–Crippen MR) is 56.4 cm³/mol. The second-order valence-electron chi connectivity index (χ2n) is 3.34. The van der Waals surface area contributed by atoms with Gasteiger partial charge in [-0.05, 0) is 26.2 Å². The molecule has 0 aromatic carbocycles. The fourth-order valence-corrected chi connectivity index (χ4v) is 1.27. The number of hydrogen-bond donors (Lipinski definition) is 1. The number of allylic oxidation sites excluding steroid dienone is 2. The van der Waals surface area contributed by atoms with E-state index in [2.05, 4.69) is 18.5 Å². The lowest BCUT2D eigenvalue weighted by Crippen LogP contribution is -2.27. The van der Waals surface area contributed by atoms with Gasteiger partial charge in [0.25, 0.3) is 0 Å². The third-order valence-electron chi connectivity index (χ3n) is 1.93. The van der Waals surface area contributed by atoms with Crippen LogP contribution in [0.25, 0.3) is 0 Å². The van der Waals surface area contributed by atoms with E-state index >= 15 is 0 Å². The highest BCUT2D eigenvalue weighted by Gasteiger charge is 2.15. The topological polar surface area (TPSA) is 29.1 Å². The first-order valence-corrected chi connectivity index (χ1v) is 4.58. The fraction of sp³-hybridized carbons (Fsp3) is 0.545. The van der Waals surface area contributed by atoms with Gasteiger partial charge >= 0.3 is 0 Å². The van der Waals surface area contributed by atoms with Crippen molar-refractivity contribution in [3.05, 3.63) is 24.8 Å². The molecule has 13 heavy (non-hydrogen) atoms. The van der Waals surface area contributed by atoms with E-state index in [0.717, 1.165) is 24.8 Å². The van der Waals surface area contributed by atoms with Crippen molar-refractivity contribution < 1.29 is 4.79 Å². The highest BCUT2D eigenvalue weighted by molar-refractivity contribution is 5.78. The molecule has 2 heteroatoms. The molecule has 0 aromatic rings. The van der Waals surface area contributed by atoms with E-state index in [1.54, 1.807) is 7.05 Å². The van der Waals surface area contributed by atoms with Crippen LogP contribution in [0, 0.1) is 5.92 Å². The summed E-state index contributed by atoms with van der Waals surface area (Å²) in [5, 5.41) is 2.66. The van der Waals surface area contributed by atoms with Crippen molar-refractivity contribution in [3.63, 3.8) is 0 Å². The van der Waals surface area contributed by atoms with Crippen molar-refractivity contribution in [1.29, 1.82) is 0 Å². The summed E-state index contributed by atoms with van der Waals surface area (Å²) in [6.45, 7) is 9.40. The van der Waals surface area contributed by atoms with Crippen molar-refractivity contribution in [2.45, 2.75) is 26.2 Å². The Morgan fingerprint density at radius 2 is 2.23 bits per heavy atom. The molecule has 0 aromatic heterocycles. The molecule has 1 unspecified atom stereocenters. The van der Waals surface area contributed by atoms with Gasteiger partial charge in [-0.15, -0.1) is 13.2 Å². The minimum atomic E-state index is 0.0560. The lowest BCUT2D eigenvalue weighted by atomic mass is 9.95. The number of rotatable bonds is 6. The van der Waals surface area contributed by atoms with E-state index < -0.39 is 0 Å². The molecule has 0 rings (SSSR count). The predicted octanol–water partition coefficient (Wildman–Crippen LogP) is 2.28. The monoisotopic (exact) mass is 181 g/mol. The zero-order valence-electron chi connectivity index (χ0n) is 8.60. The van der Waals surface area contributed by atoms with E-state index in [-0.39, 0.29) is 11.8 Å². The minimum absolute atomic E-state index is 0.0560. The molecule has 1 amide bonds. The first-order chi connectivity index (χ1) is 6.11. The average molecular weight is 181 g/mol. The molecule has 0 aliphatic rings. The first-order valence-electron chi connectivity index (χ1n) is 4.58. The molecular formula is C11H19NO. The van der Waals surface area contributed by atoms with Crippen LogP contribution in [0.2, 0.25) is 0 Å². The average Bonchev–Trinajstić information content (AvgIpc) is 2.10. The molecule has 74 valence electrons. The van der Waals surface area contributed by atoms with Crippen LogP contribution in [0.15, 0.2) is 24.8 Å². The summed E-state index contributed by atoms with van der Waals surface area (Å²) in [6, 6.07) is 0. The van der Waals surface area contributed by atoms with Crippen molar-refractivity contribution >= 4 is 5.91 Å². The zero-order chi connectivity index (χ0) is 10.3. The first kappa shape index (κ1) is 11.9. The molecule has 1 atom stereocenters. The van der Waals surface area contributed by atoms with Gasteiger partial charge in [-0.1, -0.05) is 11.6 Å². The molecular weight excluding hydrogens is 162 g/mol. The number of nitrogens with one attached hydrogen (secondary N) is 1. The third-order valence-corrected chi connectivity index (χ3v) is 1.93. The zero-order valence-corrected chi connectivity index (χ0v) is 8.60. The highest BCUT2D eigenvalue weighted by atomic mass is 16.1. The SMILES string of the molecule is C=CCCC(CC(=C)C)C(=O)NC. The van der Waals surface area contributed by atoms with E-state index in [9.17, 15) is 4.79 Å². The van der Waals surface area contributed by atoms with Gasteiger partial charge in [0.2, 0.25) is 5.91 Å². The minimum Gasteiger partial charge on any atom is -0.359 e. The van der Waals surface area contributed by atoms with E-state index in [0.29, 0.717) is 0 Å². The van der Waals surface area contributed by atoms with Gasteiger partial charge in [0.05, 0.1) is 0 Å². The maximum absolute atomic E-state index is 11.4. The normalized spacial score (nSPS) is 11.8.